The molecule has 0 aliphatic carbocycles. The van der Waals surface area contributed by atoms with Crippen molar-refractivity contribution in [2.75, 3.05) is 13.7 Å². The fourth-order valence-electron chi connectivity index (χ4n) is 1.88. The summed E-state index contributed by atoms with van der Waals surface area (Å²) in [6.45, 7) is 4.84. The largest absolute Gasteiger partial charge is 0.497 e. The Kier molecular flexibility index (Phi) is 4.58. The molecule has 1 atom stereocenters. The molecule has 2 aromatic rings. The van der Waals surface area contributed by atoms with Gasteiger partial charge in [0.25, 0.3) is 0 Å². The number of hydrogen-bond acceptors (Lipinski definition) is 4. The number of aromatic nitrogens is 1. The van der Waals surface area contributed by atoms with Gasteiger partial charge in [0.2, 0.25) is 5.89 Å². The van der Waals surface area contributed by atoms with Crippen molar-refractivity contribution in [3.63, 3.8) is 0 Å². The molecule has 4 nitrogen and oxygen atoms in total. The third-order valence-corrected chi connectivity index (χ3v) is 3.03. The van der Waals surface area contributed by atoms with E-state index in [9.17, 15) is 0 Å². The predicted octanol–water partition coefficient (Wildman–Crippen LogP) is 2.88. The van der Waals surface area contributed by atoms with Crippen LogP contribution >= 0.6 is 0 Å². The lowest BCUT2D eigenvalue weighted by molar-refractivity contribution is 0.404. The number of benzene rings is 1. The maximum Gasteiger partial charge on any atom is 0.211 e. The van der Waals surface area contributed by atoms with Gasteiger partial charge in [0, 0.05) is 0 Å². The zero-order valence-corrected chi connectivity index (χ0v) is 11.6. The van der Waals surface area contributed by atoms with Gasteiger partial charge in [-0.05, 0) is 44.5 Å². The number of rotatable bonds is 6. The van der Waals surface area contributed by atoms with Crippen LogP contribution in [0.1, 0.15) is 30.2 Å². The Labute approximate surface area is 113 Å². The molecule has 0 saturated heterocycles. The van der Waals surface area contributed by atoms with Crippen LogP contribution in [0.15, 0.2) is 34.9 Å². The standard InChI is InChI=1S/C15H20N2O2/c1-11-10-17-15(19-11)12(2)16-9-8-13-4-6-14(18-3)7-5-13/h4-7,10,12,16H,8-9H2,1-3H3. The molecule has 1 aromatic heterocycles. The number of ether oxygens (including phenoxy) is 1. The van der Waals surface area contributed by atoms with E-state index in [-0.39, 0.29) is 6.04 Å². The highest BCUT2D eigenvalue weighted by molar-refractivity contribution is 5.27. The fraction of sp³-hybridized carbons (Fsp3) is 0.400. The van der Waals surface area contributed by atoms with E-state index in [2.05, 4.69) is 29.4 Å². The number of nitrogens with zero attached hydrogens (tertiary/aromatic N) is 1. The third-order valence-electron chi connectivity index (χ3n) is 3.03. The summed E-state index contributed by atoms with van der Waals surface area (Å²) in [6, 6.07) is 8.26. The molecule has 19 heavy (non-hydrogen) atoms. The topological polar surface area (TPSA) is 47.3 Å². The normalized spacial score (nSPS) is 12.4. The molecule has 4 heteroatoms. The first-order chi connectivity index (χ1) is 9.19. The lowest BCUT2D eigenvalue weighted by Gasteiger charge is -2.10. The van der Waals surface area contributed by atoms with Crippen molar-refractivity contribution < 1.29 is 9.15 Å². The Hall–Kier alpha value is -1.81. The number of methoxy groups -OCH3 is 1. The van der Waals surface area contributed by atoms with Crippen LogP contribution in [0.4, 0.5) is 0 Å². The van der Waals surface area contributed by atoms with E-state index in [4.69, 9.17) is 9.15 Å². The lowest BCUT2D eigenvalue weighted by atomic mass is 10.1. The molecule has 0 aliphatic rings. The van der Waals surface area contributed by atoms with E-state index >= 15 is 0 Å². The molecule has 0 amide bonds. The predicted molar refractivity (Wildman–Crippen MR) is 74.4 cm³/mol. The Balaban J connectivity index is 1.79. The van der Waals surface area contributed by atoms with Gasteiger partial charge >= 0.3 is 0 Å². The summed E-state index contributed by atoms with van der Waals surface area (Å²) >= 11 is 0. The van der Waals surface area contributed by atoms with E-state index in [0.717, 1.165) is 30.4 Å². The Morgan fingerprint density at radius 2 is 2.05 bits per heavy atom. The molecular weight excluding hydrogens is 240 g/mol. The van der Waals surface area contributed by atoms with Gasteiger partial charge in [-0.2, -0.15) is 0 Å². The van der Waals surface area contributed by atoms with Crippen LogP contribution in [0.2, 0.25) is 0 Å². The van der Waals surface area contributed by atoms with Gasteiger partial charge < -0.3 is 14.5 Å². The fourth-order valence-corrected chi connectivity index (χ4v) is 1.88. The maximum atomic E-state index is 5.49. The number of aryl methyl sites for hydroxylation is 1. The van der Waals surface area contributed by atoms with E-state index in [1.54, 1.807) is 13.3 Å². The van der Waals surface area contributed by atoms with Crippen LogP contribution in [0, 0.1) is 6.92 Å². The molecular formula is C15H20N2O2. The second-order valence-electron chi connectivity index (χ2n) is 4.58. The molecule has 1 aromatic carbocycles. The molecule has 0 bridgehead atoms. The third kappa shape index (κ3) is 3.83. The van der Waals surface area contributed by atoms with E-state index < -0.39 is 0 Å². The van der Waals surface area contributed by atoms with Crippen molar-refractivity contribution in [1.82, 2.24) is 10.3 Å². The number of oxazole rings is 1. The lowest BCUT2D eigenvalue weighted by Crippen LogP contribution is -2.21. The molecule has 0 spiro atoms. The maximum absolute atomic E-state index is 5.49. The van der Waals surface area contributed by atoms with Gasteiger partial charge in [-0.15, -0.1) is 0 Å². The molecule has 0 radical (unpaired) electrons. The van der Waals surface area contributed by atoms with Crippen molar-refractivity contribution in [1.29, 1.82) is 0 Å². The minimum atomic E-state index is 0.131. The van der Waals surface area contributed by atoms with Crippen molar-refractivity contribution >= 4 is 0 Å². The SMILES string of the molecule is COc1ccc(CCNC(C)c2ncc(C)o2)cc1. The van der Waals surface area contributed by atoms with Gasteiger partial charge in [-0.1, -0.05) is 12.1 Å². The average molecular weight is 260 g/mol. The molecule has 1 N–H and O–H groups in total. The van der Waals surface area contributed by atoms with Crippen LogP contribution in [-0.4, -0.2) is 18.6 Å². The van der Waals surface area contributed by atoms with E-state index in [1.165, 1.54) is 5.56 Å². The minimum absolute atomic E-state index is 0.131. The highest BCUT2D eigenvalue weighted by Crippen LogP contribution is 2.13. The first kappa shape index (κ1) is 13.6. The van der Waals surface area contributed by atoms with Crippen molar-refractivity contribution in [3.05, 3.63) is 47.7 Å². The van der Waals surface area contributed by atoms with Crippen molar-refractivity contribution in [2.45, 2.75) is 26.3 Å². The highest BCUT2D eigenvalue weighted by Gasteiger charge is 2.09. The van der Waals surface area contributed by atoms with E-state index in [0.29, 0.717) is 0 Å². The van der Waals surface area contributed by atoms with Crippen molar-refractivity contribution in [2.24, 2.45) is 0 Å². The Morgan fingerprint density at radius 1 is 1.32 bits per heavy atom. The second-order valence-corrected chi connectivity index (χ2v) is 4.58. The summed E-state index contributed by atoms with van der Waals surface area (Å²) in [6.07, 6.45) is 2.71. The van der Waals surface area contributed by atoms with Crippen LogP contribution in [0.25, 0.3) is 0 Å². The van der Waals surface area contributed by atoms with Gasteiger partial charge in [-0.25, -0.2) is 4.98 Å². The molecule has 0 saturated carbocycles. The molecule has 102 valence electrons. The highest BCUT2D eigenvalue weighted by atomic mass is 16.5. The first-order valence-corrected chi connectivity index (χ1v) is 6.47. The van der Waals surface area contributed by atoms with Crippen molar-refractivity contribution in [3.8, 4) is 5.75 Å². The number of hydrogen-bond donors (Lipinski definition) is 1. The molecule has 1 heterocycles. The van der Waals surface area contributed by atoms with Gasteiger partial charge in [0.1, 0.15) is 11.5 Å². The van der Waals surface area contributed by atoms with Crippen LogP contribution in [-0.2, 0) is 6.42 Å². The minimum Gasteiger partial charge on any atom is -0.497 e. The monoisotopic (exact) mass is 260 g/mol. The molecule has 0 aliphatic heterocycles. The summed E-state index contributed by atoms with van der Waals surface area (Å²) in [4.78, 5) is 4.22. The summed E-state index contributed by atoms with van der Waals surface area (Å²) in [5, 5.41) is 3.40. The molecule has 1 unspecified atom stereocenters. The van der Waals surface area contributed by atoms with Gasteiger partial charge in [0.15, 0.2) is 0 Å². The molecule has 2 rings (SSSR count). The average Bonchev–Trinajstić information content (AvgIpc) is 2.86. The zero-order chi connectivity index (χ0) is 13.7. The number of nitrogens with one attached hydrogen (secondary N) is 1. The van der Waals surface area contributed by atoms with Gasteiger partial charge in [-0.3, -0.25) is 0 Å². The van der Waals surface area contributed by atoms with Crippen LogP contribution < -0.4 is 10.1 Å². The summed E-state index contributed by atoms with van der Waals surface area (Å²) in [7, 11) is 1.68. The quantitative estimate of drug-likeness (QED) is 0.867. The first-order valence-electron chi connectivity index (χ1n) is 6.47. The van der Waals surface area contributed by atoms with Crippen LogP contribution in [0.3, 0.4) is 0 Å². The Morgan fingerprint density at radius 3 is 2.63 bits per heavy atom. The summed E-state index contributed by atoms with van der Waals surface area (Å²) in [5.41, 5.74) is 1.28. The Bertz CT molecular complexity index is 505. The molecule has 0 fully saturated rings. The van der Waals surface area contributed by atoms with E-state index in [1.807, 2.05) is 19.1 Å². The summed E-state index contributed by atoms with van der Waals surface area (Å²) in [5.74, 6) is 2.48. The summed E-state index contributed by atoms with van der Waals surface area (Å²) < 4.78 is 10.6. The van der Waals surface area contributed by atoms with Crippen LogP contribution in [0.5, 0.6) is 5.75 Å². The zero-order valence-electron chi connectivity index (χ0n) is 11.6. The smallest absolute Gasteiger partial charge is 0.211 e. The van der Waals surface area contributed by atoms with Gasteiger partial charge in [0.05, 0.1) is 19.3 Å². The second kappa shape index (κ2) is 6.38.